The predicted molar refractivity (Wildman–Crippen MR) is 276 cm³/mol. The topological polar surface area (TPSA) is 469 Å². The van der Waals surface area contributed by atoms with Crippen molar-refractivity contribution in [1.82, 2.24) is 47.9 Å². The Bertz CT molecular complexity index is 2300. The molecule has 2 aromatic rings. The van der Waals surface area contributed by atoms with Gasteiger partial charge in [0.15, 0.2) is 0 Å². The third-order valence-corrected chi connectivity index (χ3v) is 12.0. The standard InChI is InChI=1S/C48H71N11O17S/c1-26(62)40(47(74)57-35(24-60)46(73)55-32(15-16-39(66)67)43(70)54-31(10-6-7-18-49)42(69)58-36(25-61)48(75)76)59-44(71)33(17-19-77-2)56-45(72)34(21-27-8-4-3-5-9-27)53-38(65)23-51-37(64)22-52-41(68)30(50)20-28-11-13-29(63)14-12-28/h3-5,8-9,11-14,26,30-36,40,60-63H,6-7,10,15-25,49-50H2,1-2H3,(H,51,64)(H,52,68)(H,53,65)(H,54,70)(H,55,73)(H,56,72)(H,57,74)(H,58,69)(H,59,71)(H,66,67)(H,75,76)/t26-,30+,31+,32+,33+,34+,35+,36+,40+/m1/s1. The van der Waals surface area contributed by atoms with Crippen LogP contribution in [0.1, 0.15) is 56.6 Å². The van der Waals surface area contributed by atoms with Crippen LogP contribution < -0.4 is 59.3 Å². The zero-order valence-corrected chi connectivity index (χ0v) is 43.3. The summed E-state index contributed by atoms with van der Waals surface area (Å²) in [6.45, 7) is -2.04. The summed E-state index contributed by atoms with van der Waals surface area (Å²) >= 11 is 1.28. The number of nitrogens with one attached hydrogen (secondary N) is 9. The van der Waals surface area contributed by atoms with Crippen molar-refractivity contribution in [1.29, 1.82) is 0 Å². The number of phenolic OH excluding ortho intramolecular Hbond substituents is 1. The quantitative estimate of drug-likeness (QED) is 0.0283. The molecular weight excluding hydrogens is 1030 g/mol. The largest absolute Gasteiger partial charge is 0.508 e. The fraction of sp³-hybridized carbons (Fsp3) is 0.521. The Morgan fingerprint density at radius 1 is 0.558 bits per heavy atom. The number of phenols is 1. The molecule has 0 spiro atoms. The Kier molecular flexibility index (Phi) is 29.8. The average Bonchev–Trinajstić information content (AvgIpc) is 3.39. The van der Waals surface area contributed by atoms with Gasteiger partial charge < -0.3 is 90.0 Å². The average molecular weight is 1110 g/mol. The number of unbranched alkanes of at least 4 members (excludes halogenated alkanes) is 1. The fourth-order valence-electron chi connectivity index (χ4n) is 7.02. The molecule has 0 aromatic heterocycles. The van der Waals surface area contributed by atoms with Crippen molar-refractivity contribution < 1.29 is 83.4 Å². The van der Waals surface area contributed by atoms with E-state index >= 15 is 0 Å². The summed E-state index contributed by atoms with van der Waals surface area (Å²) in [7, 11) is 0. The first-order valence-corrected chi connectivity index (χ1v) is 25.7. The number of thioether (sulfide) groups is 1. The molecule has 0 aliphatic heterocycles. The van der Waals surface area contributed by atoms with Crippen molar-refractivity contribution in [2.24, 2.45) is 11.5 Å². The second-order valence-corrected chi connectivity index (χ2v) is 18.5. The molecule has 0 bridgehead atoms. The van der Waals surface area contributed by atoms with Gasteiger partial charge in [-0.05, 0) is 87.3 Å². The Hall–Kier alpha value is -7.44. The summed E-state index contributed by atoms with van der Waals surface area (Å²) in [6.07, 6.45) is -0.845. The van der Waals surface area contributed by atoms with Gasteiger partial charge in [-0.3, -0.25) is 47.9 Å². The van der Waals surface area contributed by atoms with E-state index in [0.717, 1.165) is 6.92 Å². The van der Waals surface area contributed by atoms with Gasteiger partial charge in [0, 0.05) is 12.8 Å². The number of carboxylic acid groups (broad SMARTS) is 2. The zero-order chi connectivity index (χ0) is 57.6. The lowest BCUT2D eigenvalue weighted by molar-refractivity contribution is -0.143. The molecule has 0 unspecified atom stereocenters. The van der Waals surface area contributed by atoms with Crippen LogP contribution in [0.2, 0.25) is 0 Å². The maximum atomic E-state index is 14.0. The molecule has 28 nitrogen and oxygen atoms in total. The number of aliphatic hydroxyl groups is 3. The van der Waals surface area contributed by atoms with E-state index in [1.807, 2.05) is 0 Å². The number of aliphatic hydroxyl groups excluding tert-OH is 3. The van der Waals surface area contributed by atoms with Crippen LogP contribution in [0.3, 0.4) is 0 Å². The van der Waals surface area contributed by atoms with E-state index in [-0.39, 0.29) is 50.2 Å². The molecule has 2 aromatic carbocycles. The molecule has 0 heterocycles. The van der Waals surface area contributed by atoms with E-state index < -0.39 is 159 Å². The van der Waals surface area contributed by atoms with Gasteiger partial charge in [0.05, 0.1) is 38.4 Å². The molecular formula is C48H71N11O17S. The monoisotopic (exact) mass is 1110 g/mol. The first kappa shape index (κ1) is 65.7. The third kappa shape index (κ3) is 24.8. The predicted octanol–water partition coefficient (Wildman–Crippen LogP) is -5.67. The van der Waals surface area contributed by atoms with Gasteiger partial charge in [-0.2, -0.15) is 11.8 Å². The minimum absolute atomic E-state index is 0.0287. The van der Waals surface area contributed by atoms with Gasteiger partial charge in [-0.1, -0.05) is 42.5 Å². The third-order valence-electron chi connectivity index (χ3n) is 11.3. The van der Waals surface area contributed by atoms with E-state index in [0.29, 0.717) is 17.5 Å². The van der Waals surface area contributed by atoms with E-state index in [4.69, 9.17) is 11.5 Å². The van der Waals surface area contributed by atoms with Crippen molar-refractivity contribution >= 4 is 76.9 Å². The van der Waals surface area contributed by atoms with Crippen LogP contribution in [0, 0.1) is 0 Å². The van der Waals surface area contributed by atoms with E-state index in [2.05, 4.69) is 47.9 Å². The molecule has 0 aliphatic rings. The minimum atomic E-state index is -1.91. The van der Waals surface area contributed by atoms with Crippen LogP contribution in [-0.2, 0) is 65.6 Å². The summed E-state index contributed by atoms with van der Waals surface area (Å²) < 4.78 is 0. The maximum Gasteiger partial charge on any atom is 0.328 e. The van der Waals surface area contributed by atoms with E-state index in [1.165, 1.54) is 23.9 Å². The Morgan fingerprint density at radius 2 is 1.06 bits per heavy atom. The van der Waals surface area contributed by atoms with Crippen LogP contribution >= 0.6 is 11.8 Å². The second kappa shape index (κ2) is 35.0. The SMILES string of the molecule is CSCC[C@H](NC(=O)[C@H](Cc1ccccc1)NC(=O)CNC(=O)CNC(=O)[C@@H](N)Cc1ccc(O)cc1)C(=O)N[C@H](C(=O)N[C@@H](CO)C(=O)N[C@@H](CCC(=O)O)C(=O)N[C@@H](CCCCN)C(=O)N[C@@H](CO)C(=O)O)[C@@H](C)O. The van der Waals surface area contributed by atoms with Gasteiger partial charge >= 0.3 is 11.9 Å². The molecule has 29 heteroatoms. The summed E-state index contributed by atoms with van der Waals surface area (Å²) in [5.41, 5.74) is 12.7. The van der Waals surface area contributed by atoms with Gasteiger partial charge in [0.25, 0.3) is 0 Å². The van der Waals surface area contributed by atoms with E-state index in [9.17, 15) is 83.4 Å². The van der Waals surface area contributed by atoms with Crippen LogP contribution in [-0.4, -0.2) is 195 Å². The van der Waals surface area contributed by atoms with Gasteiger partial charge in [-0.25, -0.2) is 4.79 Å². The molecule has 0 fully saturated rings. The molecule has 426 valence electrons. The summed E-state index contributed by atoms with van der Waals surface area (Å²) in [5.74, 6) is -11.5. The number of carboxylic acids is 2. The Labute approximate surface area is 447 Å². The highest BCUT2D eigenvalue weighted by Gasteiger charge is 2.35. The van der Waals surface area contributed by atoms with Crippen LogP contribution in [0.4, 0.5) is 0 Å². The first-order valence-electron chi connectivity index (χ1n) is 24.3. The molecule has 9 amide bonds. The first-order chi connectivity index (χ1) is 36.5. The lowest BCUT2D eigenvalue weighted by atomic mass is 10.0. The Morgan fingerprint density at radius 3 is 1.61 bits per heavy atom. The lowest BCUT2D eigenvalue weighted by Crippen LogP contribution is -2.62. The number of rotatable bonds is 36. The number of amides is 9. The second-order valence-electron chi connectivity index (χ2n) is 17.5. The summed E-state index contributed by atoms with van der Waals surface area (Å²) in [6, 6.07) is 1.88. The van der Waals surface area contributed by atoms with Crippen LogP contribution in [0.15, 0.2) is 54.6 Å². The van der Waals surface area contributed by atoms with Gasteiger partial charge in [0.2, 0.25) is 53.2 Å². The smallest absolute Gasteiger partial charge is 0.328 e. The fourth-order valence-corrected chi connectivity index (χ4v) is 7.49. The van der Waals surface area contributed by atoms with Gasteiger partial charge in [-0.15, -0.1) is 0 Å². The van der Waals surface area contributed by atoms with E-state index in [1.54, 1.807) is 48.7 Å². The van der Waals surface area contributed by atoms with Gasteiger partial charge in [0.1, 0.15) is 48.0 Å². The number of hydrogen-bond acceptors (Lipinski definition) is 18. The minimum Gasteiger partial charge on any atom is -0.508 e. The van der Waals surface area contributed by atoms with Crippen LogP contribution in [0.5, 0.6) is 5.75 Å². The highest BCUT2D eigenvalue weighted by atomic mass is 32.2. The zero-order valence-electron chi connectivity index (χ0n) is 42.5. The van der Waals surface area contributed by atoms with Crippen molar-refractivity contribution in [3.8, 4) is 5.75 Å². The number of nitrogens with two attached hydrogens (primary N) is 2. The Balaban J connectivity index is 2.21. The molecule has 2 rings (SSSR count). The highest BCUT2D eigenvalue weighted by molar-refractivity contribution is 7.98. The molecule has 0 radical (unpaired) electrons. The number of carbonyl (C=O) groups is 11. The number of benzene rings is 2. The lowest BCUT2D eigenvalue weighted by Gasteiger charge is -2.28. The van der Waals surface area contributed by atoms with Crippen LogP contribution in [0.25, 0.3) is 0 Å². The molecule has 77 heavy (non-hydrogen) atoms. The summed E-state index contributed by atoms with van der Waals surface area (Å²) in [5, 5.41) is 79.3. The molecule has 19 N–H and O–H groups in total. The van der Waals surface area contributed by atoms with Crippen molar-refractivity contribution in [3.05, 3.63) is 65.7 Å². The number of hydrogen-bond donors (Lipinski definition) is 17. The normalized spacial score (nSPS) is 14.4. The molecule has 9 atom stereocenters. The number of aromatic hydroxyl groups is 1. The maximum absolute atomic E-state index is 14.0. The number of carbonyl (C=O) groups excluding carboxylic acids is 9. The molecule has 0 saturated carbocycles. The molecule has 0 aliphatic carbocycles. The number of aliphatic carboxylic acids is 2. The van der Waals surface area contributed by atoms with Crippen molar-refractivity contribution in [2.45, 2.75) is 113 Å². The summed E-state index contributed by atoms with van der Waals surface area (Å²) in [4.78, 5) is 143. The molecule has 0 saturated heterocycles. The van der Waals surface area contributed by atoms with Crippen molar-refractivity contribution in [2.75, 3.05) is 44.9 Å². The highest BCUT2D eigenvalue weighted by Crippen LogP contribution is 2.12. The van der Waals surface area contributed by atoms with Crippen molar-refractivity contribution in [3.63, 3.8) is 0 Å².